The molecule has 3 heteroatoms. The third-order valence-corrected chi connectivity index (χ3v) is 2.72. The molecule has 0 aliphatic heterocycles. The molecule has 0 unspecified atom stereocenters. The molecule has 0 aliphatic rings. The molecule has 0 atom stereocenters. The maximum absolute atomic E-state index is 8.74. The van der Waals surface area contributed by atoms with Crippen LogP contribution in [0.15, 0.2) is 30.5 Å². The van der Waals surface area contributed by atoms with Crippen LogP contribution >= 0.6 is 0 Å². The van der Waals surface area contributed by atoms with E-state index in [2.05, 4.69) is 18.1 Å². The van der Waals surface area contributed by atoms with Crippen LogP contribution in [0.5, 0.6) is 0 Å². The molecule has 0 fully saturated rings. The minimum Gasteiger partial charge on any atom is -0.272 e. The van der Waals surface area contributed by atoms with Crippen LogP contribution in [0.4, 0.5) is 0 Å². The van der Waals surface area contributed by atoms with E-state index < -0.39 is 0 Å². The molecule has 0 amide bonds. The maximum atomic E-state index is 8.74. The third-order valence-electron chi connectivity index (χ3n) is 2.72. The van der Waals surface area contributed by atoms with Gasteiger partial charge in [-0.1, -0.05) is 19.1 Å². The van der Waals surface area contributed by atoms with Crippen molar-refractivity contribution in [2.24, 2.45) is 7.05 Å². The van der Waals surface area contributed by atoms with Gasteiger partial charge in [0.15, 0.2) is 0 Å². The Morgan fingerprint density at radius 1 is 1.31 bits per heavy atom. The number of hydrogen-bond acceptors (Lipinski definition) is 2. The van der Waals surface area contributed by atoms with Gasteiger partial charge in [-0.2, -0.15) is 10.4 Å². The molecule has 0 saturated carbocycles. The van der Waals surface area contributed by atoms with Gasteiger partial charge in [-0.15, -0.1) is 0 Å². The quantitative estimate of drug-likeness (QED) is 0.766. The van der Waals surface area contributed by atoms with E-state index in [0.717, 1.165) is 17.5 Å². The van der Waals surface area contributed by atoms with Crippen molar-refractivity contribution >= 4 is 0 Å². The molecule has 16 heavy (non-hydrogen) atoms. The van der Waals surface area contributed by atoms with Gasteiger partial charge in [0.05, 0.1) is 17.8 Å². The van der Waals surface area contributed by atoms with E-state index in [0.29, 0.717) is 5.56 Å². The first-order valence-corrected chi connectivity index (χ1v) is 5.27. The lowest BCUT2D eigenvalue weighted by Gasteiger charge is -2.03. The second-order valence-corrected chi connectivity index (χ2v) is 3.67. The Morgan fingerprint density at radius 3 is 2.56 bits per heavy atom. The summed E-state index contributed by atoms with van der Waals surface area (Å²) in [6, 6.07) is 9.72. The minimum absolute atomic E-state index is 0.686. The zero-order valence-electron chi connectivity index (χ0n) is 9.44. The summed E-state index contributed by atoms with van der Waals surface area (Å²) in [5.41, 5.74) is 4.16. The Balaban J connectivity index is 2.47. The molecular formula is C13H13N3. The molecule has 80 valence electrons. The van der Waals surface area contributed by atoms with E-state index in [1.165, 1.54) is 5.69 Å². The molecule has 0 bridgehead atoms. The lowest BCUT2D eigenvalue weighted by Crippen LogP contribution is -1.97. The summed E-state index contributed by atoms with van der Waals surface area (Å²) in [4.78, 5) is 0. The van der Waals surface area contributed by atoms with Gasteiger partial charge in [-0.25, -0.2) is 0 Å². The number of hydrogen-bond donors (Lipinski definition) is 0. The van der Waals surface area contributed by atoms with Crippen molar-refractivity contribution in [1.82, 2.24) is 9.78 Å². The van der Waals surface area contributed by atoms with Crippen LogP contribution in [0.2, 0.25) is 0 Å². The highest BCUT2D eigenvalue weighted by Gasteiger charge is 2.08. The highest BCUT2D eigenvalue weighted by molar-refractivity contribution is 5.66. The SMILES string of the molecule is CCc1c(-c2ccc(C#N)cc2)cnn1C. The van der Waals surface area contributed by atoms with Crippen LogP contribution in [0.25, 0.3) is 11.1 Å². The van der Waals surface area contributed by atoms with Crippen LogP contribution in [0.1, 0.15) is 18.2 Å². The van der Waals surface area contributed by atoms with Crippen LogP contribution in [0.3, 0.4) is 0 Å². The molecule has 1 aromatic heterocycles. The van der Waals surface area contributed by atoms with E-state index in [9.17, 15) is 0 Å². The first-order valence-electron chi connectivity index (χ1n) is 5.27. The molecule has 2 rings (SSSR count). The highest BCUT2D eigenvalue weighted by atomic mass is 15.3. The number of aryl methyl sites for hydroxylation is 1. The summed E-state index contributed by atoms with van der Waals surface area (Å²) >= 11 is 0. The maximum Gasteiger partial charge on any atom is 0.0991 e. The lowest BCUT2D eigenvalue weighted by molar-refractivity contribution is 0.718. The predicted molar refractivity (Wildman–Crippen MR) is 62.7 cm³/mol. The molecule has 0 N–H and O–H groups in total. The van der Waals surface area contributed by atoms with Crippen molar-refractivity contribution in [3.63, 3.8) is 0 Å². The van der Waals surface area contributed by atoms with E-state index in [1.807, 2.05) is 42.2 Å². The van der Waals surface area contributed by atoms with Crippen molar-refractivity contribution in [1.29, 1.82) is 5.26 Å². The van der Waals surface area contributed by atoms with Crippen LogP contribution in [-0.2, 0) is 13.5 Å². The molecule has 0 saturated heterocycles. The Bertz CT molecular complexity index is 529. The van der Waals surface area contributed by atoms with Crippen molar-refractivity contribution in [2.75, 3.05) is 0 Å². The zero-order valence-corrected chi connectivity index (χ0v) is 9.44. The van der Waals surface area contributed by atoms with E-state index in [1.54, 1.807) is 0 Å². The molecule has 1 aromatic carbocycles. The summed E-state index contributed by atoms with van der Waals surface area (Å²) in [5, 5.41) is 13.0. The van der Waals surface area contributed by atoms with Crippen molar-refractivity contribution in [3.8, 4) is 17.2 Å². The van der Waals surface area contributed by atoms with Crippen LogP contribution in [-0.4, -0.2) is 9.78 Å². The summed E-state index contributed by atoms with van der Waals surface area (Å²) in [6.45, 7) is 2.12. The van der Waals surface area contributed by atoms with E-state index in [4.69, 9.17) is 5.26 Å². The molecule has 0 spiro atoms. The van der Waals surface area contributed by atoms with E-state index >= 15 is 0 Å². The highest BCUT2D eigenvalue weighted by Crippen LogP contribution is 2.23. The van der Waals surface area contributed by atoms with Gasteiger partial charge in [-0.3, -0.25) is 4.68 Å². The van der Waals surface area contributed by atoms with Gasteiger partial charge in [0.1, 0.15) is 0 Å². The summed E-state index contributed by atoms with van der Waals surface area (Å²) < 4.78 is 1.90. The number of rotatable bonds is 2. The molecule has 2 aromatic rings. The minimum atomic E-state index is 0.686. The van der Waals surface area contributed by atoms with Crippen LogP contribution in [0, 0.1) is 11.3 Å². The van der Waals surface area contributed by atoms with Crippen LogP contribution < -0.4 is 0 Å². The summed E-state index contributed by atoms with van der Waals surface area (Å²) in [6.07, 6.45) is 2.83. The second-order valence-electron chi connectivity index (χ2n) is 3.67. The molecule has 3 nitrogen and oxygen atoms in total. The van der Waals surface area contributed by atoms with Crippen molar-refractivity contribution in [3.05, 3.63) is 41.7 Å². The Kier molecular flexibility index (Phi) is 2.74. The Labute approximate surface area is 94.9 Å². The number of aromatic nitrogens is 2. The largest absolute Gasteiger partial charge is 0.272 e. The molecule has 1 heterocycles. The topological polar surface area (TPSA) is 41.6 Å². The Hall–Kier alpha value is -2.08. The second kappa shape index (κ2) is 4.19. The average molecular weight is 211 g/mol. The van der Waals surface area contributed by atoms with E-state index in [-0.39, 0.29) is 0 Å². The van der Waals surface area contributed by atoms with Gasteiger partial charge in [0.25, 0.3) is 0 Å². The third kappa shape index (κ3) is 1.70. The number of nitrogens with zero attached hydrogens (tertiary/aromatic N) is 3. The standard InChI is InChI=1S/C13H13N3/c1-3-13-12(9-15-16(13)2)11-6-4-10(8-14)5-7-11/h4-7,9H,3H2,1-2H3. The normalized spacial score (nSPS) is 10.1. The van der Waals surface area contributed by atoms with Gasteiger partial charge in [0.2, 0.25) is 0 Å². The van der Waals surface area contributed by atoms with Gasteiger partial charge in [0, 0.05) is 18.3 Å². The van der Waals surface area contributed by atoms with Gasteiger partial charge in [-0.05, 0) is 24.1 Å². The fourth-order valence-corrected chi connectivity index (χ4v) is 1.85. The number of nitriles is 1. The smallest absolute Gasteiger partial charge is 0.0991 e. The summed E-state index contributed by atoms with van der Waals surface area (Å²) in [7, 11) is 1.95. The average Bonchev–Trinajstić information content (AvgIpc) is 2.70. The fraction of sp³-hybridized carbons (Fsp3) is 0.231. The Morgan fingerprint density at radius 2 is 2.00 bits per heavy atom. The molecule has 0 aliphatic carbocycles. The van der Waals surface area contributed by atoms with Crippen molar-refractivity contribution in [2.45, 2.75) is 13.3 Å². The fourth-order valence-electron chi connectivity index (χ4n) is 1.85. The predicted octanol–water partition coefficient (Wildman–Crippen LogP) is 2.52. The molecule has 0 radical (unpaired) electrons. The van der Waals surface area contributed by atoms with Gasteiger partial charge < -0.3 is 0 Å². The van der Waals surface area contributed by atoms with Crippen molar-refractivity contribution < 1.29 is 0 Å². The first kappa shape index (κ1) is 10.4. The number of benzene rings is 1. The lowest BCUT2D eigenvalue weighted by atomic mass is 10.0. The molecular weight excluding hydrogens is 198 g/mol. The van der Waals surface area contributed by atoms with Gasteiger partial charge >= 0.3 is 0 Å². The summed E-state index contributed by atoms with van der Waals surface area (Å²) in [5.74, 6) is 0. The first-order chi connectivity index (χ1) is 7.76. The zero-order chi connectivity index (χ0) is 11.5. The monoisotopic (exact) mass is 211 g/mol.